The van der Waals surface area contributed by atoms with Gasteiger partial charge in [-0.3, -0.25) is 4.79 Å². The van der Waals surface area contributed by atoms with E-state index in [9.17, 15) is 9.90 Å². The van der Waals surface area contributed by atoms with Crippen molar-refractivity contribution in [1.82, 2.24) is 4.90 Å². The molecule has 0 saturated heterocycles. The summed E-state index contributed by atoms with van der Waals surface area (Å²) >= 11 is 7.65. The molecule has 1 aromatic carbocycles. The molecule has 0 bridgehead atoms. The number of carbonyl (C=O) groups excluding carboxylic acids is 1. The van der Waals surface area contributed by atoms with Gasteiger partial charge in [0.1, 0.15) is 0 Å². The number of likely N-dealkylation sites (N-methyl/N-ethyl adjacent to an activating group) is 1. The molecular formula is C13H18BrNO2S. The number of benzene rings is 1. The number of thiol groups is 1. The monoisotopic (exact) mass is 331 g/mol. The van der Waals surface area contributed by atoms with E-state index in [4.69, 9.17) is 0 Å². The maximum atomic E-state index is 12.3. The van der Waals surface area contributed by atoms with Gasteiger partial charge in [-0.1, -0.05) is 15.9 Å². The van der Waals surface area contributed by atoms with Gasteiger partial charge in [0.2, 0.25) is 0 Å². The zero-order chi connectivity index (χ0) is 13.9. The van der Waals surface area contributed by atoms with Gasteiger partial charge in [-0.15, -0.1) is 12.6 Å². The third-order valence-corrected chi connectivity index (χ3v) is 3.30. The normalized spacial score (nSPS) is 11.4. The number of amides is 1. The van der Waals surface area contributed by atoms with Gasteiger partial charge in [0.05, 0.1) is 11.2 Å². The van der Waals surface area contributed by atoms with Crippen LogP contribution >= 0.6 is 28.6 Å². The van der Waals surface area contributed by atoms with Crippen molar-refractivity contribution in [2.45, 2.75) is 31.3 Å². The van der Waals surface area contributed by atoms with Crippen molar-refractivity contribution >= 4 is 34.5 Å². The number of hydrogen-bond acceptors (Lipinski definition) is 3. The highest BCUT2D eigenvalue weighted by Gasteiger charge is 2.23. The SMILES string of the molecule is CCN(CC(C)(C)O)C(=O)c1ccc(Br)cc1S. The Balaban J connectivity index is 2.97. The Kier molecular flexibility index (Phi) is 5.25. The maximum Gasteiger partial charge on any atom is 0.255 e. The molecule has 3 nitrogen and oxygen atoms in total. The summed E-state index contributed by atoms with van der Waals surface area (Å²) in [5.74, 6) is -0.114. The molecule has 1 amide bonds. The van der Waals surface area contributed by atoms with Crippen LogP contribution in [0.4, 0.5) is 0 Å². The summed E-state index contributed by atoms with van der Waals surface area (Å²) < 4.78 is 0.884. The fraction of sp³-hybridized carbons (Fsp3) is 0.462. The zero-order valence-electron chi connectivity index (χ0n) is 10.8. The first-order valence-electron chi connectivity index (χ1n) is 5.75. The van der Waals surface area contributed by atoms with Crippen molar-refractivity contribution in [1.29, 1.82) is 0 Å². The van der Waals surface area contributed by atoms with Crippen LogP contribution in [0.2, 0.25) is 0 Å². The Labute approximate surface area is 122 Å². The fourth-order valence-corrected chi connectivity index (χ4v) is 2.50. The molecule has 100 valence electrons. The predicted molar refractivity (Wildman–Crippen MR) is 79.3 cm³/mol. The number of nitrogens with zero attached hydrogens (tertiary/aromatic N) is 1. The molecule has 0 aliphatic carbocycles. The van der Waals surface area contributed by atoms with Gasteiger partial charge >= 0.3 is 0 Å². The highest BCUT2D eigenvalue weighted by Crippen LogP contribution is 2.21. The highest BCUT2D eigenvalue weighted by molar-refractivity contribution is 9.10. The van der Waals surface area contributed by atoms with Crippen molar-refractivity contribution in [2.24, 2.45) is 0 Å². The third kappa shape index (κ3) is 4.30. The van der Waals surface area contributed by atoms with Crippen molar-refractivity contribution in [2.75, 3.05) is 13.1 Å². The van der Waals surface area contributed by atoms with Crippen LogP contribution in [0.5, 0.6) is 0 Å². The Bertz CT molecular complexity index is 443. The third-order valence-electron chi connectivity index (χ3n) is 2.44. The first-order valence-corrected chi connectivity index (χ1v) is 6.99. The predicted octanol–water partition coefficient (Wildman–Crippen LogP) is 2.97. The number of carbonyl (C=O) groups is 1. The molecule has 0 aromatic heterocycles. The molecule has 1 aromatic rings. The highest BCUT2D eigenvalue weighted by atomic mass is 79.9. The van der Waals surface area contributed by atoms with E-state index in [1.54, 1.807) is 30.9 Å². The summed E-state index contributed by atoms with van der Waals surface area (Å²) in [6, 6.07) is 5.33. The second-order valence-corrected chi connectivity index (χ2v) is 6.19. The molecule has 0 radical (unpaired) electrons. The summed E-state index contributed by atoms with van der Waals surface area (Å²) in [7, 11) is 0. The number of aliphatic hydroxyl groups is 1. The first-order chi connectivity index (χ1) is 8.24. The van der Waals surface area contributed by atoms with Crippen LogP contribution in [0.3, 0.4) is 0 Å². The lowest BCUT2D eigenvalue weighted by atomic mass is 10.1. The minimum atomic E-state index is -0.905. The van der Waals surface area contributed by atoms with Gasteiger partial charge in [-0.05, 0) is 39.0 Å². The van der Waals surface area contributed by atoms with E-state index >= 15 is 0 Å². The number of rotatable bonds is 4. The van der Waals surface area contributed by atoms with Gasteiger partial charge in [0.15, 0.2) is 0 Å². The van der Waals surface area contributed by atoms with E-state index < -0.39 is 5.60 Å². The minimum absolute atomic E-state index is 0.114. The number of halogens is 1. The van der Waals surface area contributed by atoms with E-state index in [0.29, 0.717) is 23.5 Å². The van der Waals surface area contributed by atoms with Crippen LogP contribution in [0.1, 0.15) is 31.1 Å². The standard InChI is InChI=1S/C13H18BrNO2S/c1-4-15(8-13(2,3)17)12(16)10-6-5-9(14)7-11(10)18/h5-7,17-18H,4,8H2,1-3H3. The molecule has 0 spiro atoms. The maximum absolute atomic E-state index is 12.3. The van der Waals surface area contributed by atoms with E-state index in [-0.39, 0.29) is 5.91 Å². The van der Waals surface area contributed by atoms with Crippen molar-refractivity contribution < 1.29 is 9.90 Å². The summed E-state index contributed by atoms with van der Waals surface area (Å²) in [6.45, 7) is 6.11. The molecule has 0 saturated carbocycles. The van der Waals surface area contributed by atoms with Crippen molar-refractivity contribution in [3.63, 3.8) is 0 Å². The van der Waals surface area contributed by atoms with Crippen LogP contribution in [-0.4, -0.2) is 34.6 Å². The average Bonchev–Trinajstić information content (AvgIpc) is 2.24. The number of hydrogen-bond donors (Lipinski definition) is 2. The average molecular weight is 332 g/mol. The van der Waals surface area contributed by atoms with Crippen LogP contribution in [-0.2, 0) is 0 Å². The van der Waals surface area contributed by atoms with E-state index in [1.165, 1.54) is 0 Å². The Hall–Kier alpha value is -0.520. The molecule has 0 unspecified atom stereocenters. The largest absolute Gasteiger partial charge is 0.389 e. The summed E-state index contributed by atoms with van der Waals surface area (Å²) in [5.41, 5.74) is -0.356. The minimum Gasteiger partial charge on any atom is -0.389 e. The summed E-state index contributed by atoms with van der Waals surface area (Å²) in [6.07, 6.45) is 0. The molecule has 1 rings (SSSR count). The van der Waals surface area contributed by atoms with Gasteiger partial charge in [-0.25, -0.2) is 0 Å². The molecule has 0 aliphatic heterocycles. The van der Waals surface area contributed by atoms with Gasteiger partial charge < -0.3 is 10.0 Å². The topological polar surface area (TPSA) is 40.5 Å². The second-order valence-electron chi connectivity index (χ2n) is 4.79. The van der Waals surface area contributed by atoms with Gasteiger partial charge in [0, 0.05) is 22.5 Å². The smallest absolute Gasteiger partial charge is 0.255 e. The van der Waals surface area contributed by atoms with Gasteiger partial charge in [0.25, 0.3) is 5.91 Å². The Morgan fingerprint density at radius 1 is 1.50 bits per heavy atom. The first kappa shape index (κ1) is 15.5. The van der Waals surface area contributed by atoms with Crippen LogP contribution in [0.25, 0.3) is 0 Å². The zero-order valence-corrected chi connectivity index (χ0v) is 13.3. The van der Waals surface area contributed by atoms with E-state index in [2.05, 4.69) is 28.6 Å². The molecule has 0 fully saturated rings. The molecule has 0 heterocycles. The summed E-state index contributed by atoms with van der Waals surface area (Å²) in [5, 5.41) is 9.81. The summed E-state index contributed by atoms with van der Waals surface area (Å²) in [4.78, 5) is 14.6. The molecule has 1 N–H and O–H groups in total. The molecule has 18 heavy (non-hydrogen) atoms. The Morgan fingerprint density at radius 2 is 2.11 bits per heavy atom. The van der Waals surface area contributed by atoms with Crippen molar-refractivity contribution in [3.05, 3.63) is 28.2 Å². The lowest BCUT2D eigenvalue weighted by molar-refractivity contribution is 0.0313. The molecule has 5 heteroatoms. The quantitative estimate of drug-likeness (QED) is 0.833. The molecule has 0 aliphatic rings. The molecule has 0 atom stereocenters. The van der Waals surface area contributed by atoms with Crippen LogP contribution < -0.4 is 0 Å². The molecular weight excluding hydrogens is 314 g/mol. The van der Waals surface area contributed by atoms with Crippen LogP contribution in [0, 0.1) is 0 Å². The lowest BCUT2D eigenvalue weighted by Gasteiger charge is -2.28. The van der Waals surface area contributed by atoms with Crippen molar-refractivity contribution in [3.8, 4) is 0 Å². The lowest BCUT2D eigenvalue weighted by Crippen LogP contribution is -2.42. The van der Waals surface area contributed by atoms with E-state index in [0.717, 1.165) is 4.47 Å². The van der Waals surface area contributed by atoms with Gasteiger partial charge in [-0.2, -0.15) is 0 Å². The van der Waals surface area contributed by atoms with Crippen LogP contribution in [0.15, 0.2) is 27.6 Å². The fourth-order valence-electron chi connectivity index (χ4n) is 1.65. The van der Waals surface area contributed by atoms with E-state index in [1.807, 2.05) is 13.0 Å². The Morgan fingerprint density at radius 3 is 2.56 bits per heavy atom. The second kappa shape index (κ2) is 6.08.